The molecule has 0 saturated heterocycles. The fourth-order valence-corrected chi connectivity index (χ4v) is 2.74. The number of amides is 1. The highest BCUT2D eigenvalue weighted by atomic mass is 16.1. The van der Waals surface area contributed by atoms with Gasteiger partial charge >= 0.3 is 0 Å². The second kappa shape index (κ2) is 7.97. The lowest BCUT2D eigenvalue weighted by Crippen LogP contribution is -2.34. The number of hydrogen-bond donors (Lipinski definition) is 2. The topological polar surface area (TPSA) is 58.4 Å². The molecule has 0 aliphatic carbocycles. The van der Waals surface area contributed by atoms with Gasteiger partial charge in [-0.25, -0.2) is 0 Å². The maximum atomic E-state index is 12.5. The van der Waals surface area contributed by atoms with Gasteiger partial charge in [0, 0.05) is 17.8 Å². The van der Waals surface area contributed by atoms with Gasteiger partial charge in [0.1, 0.15) is 0 Å². The first-order valence-electron chi connectivity index (χ1n) is 8.32. The molecule has 2 aromatic rings. The third kappa shape index (κ3) is 4.36. The number of aryl methyl sites for hydroxylation is 2. The Kier molecular flexibility index (Phi) is 5.99. The van der Waals surface area contributed by atoms with Gasteiger partial charge in [-0.1, -0.05) is 37.3 Å². The largest absolute Gasteiger partial charge is 0.399 e. The number of carbonyl (C=O) groups is 1. The molecule has 1 unspecified atom stereocenters. The molecule has 3 N–H and O–H groups in total. The van der Waals surface area contributed by atoms with E-state index in [1.54, 1.807) is 6.07 Å². The van der Waals surface area contributed by atoms with Crippen LogP contribution >= 0.6 is 0 Å². The summed E-state index contributed by atoms with van der Waals surface area (Å²) in [7, 11) is 4.05. The lowest BCUT2D eigenvalue weighted by atomic mass is 10.0. The van der Waals surface area contributed by atoms with Gasteiger partial charge in [0.2, 0.25) is 0 Å². The third-order valence-corrected chi connectivity index (χ3v) is 4.36. The van der Waals surface area contributed by atoms with Crippen molar-refractivity contribution in [1.82, 2.24) is 10.2 Å². The van der Waals surface area contributed by atoms with Crippen LogP contribution in [-0.2, 0) is 6.42 Å². The van der Waals surface area contributed by atoms with Crippen molar-refractivity contribution in [3.63, 3.8) is 0 Å². The summed E-state index contributed by atoms with van der Waals surface area (Å²) in [6.45, 7) is 4.61. The second-order valence-electron chi connectivity index (χ2n) is 6.36. The summed E-state index contributed by atoms with van der Waals surface area (Å²) in [6.07, 6.45) is 1.03. The summed E-state index contributed by atoms with van der Waals surface area (Å²) in [6, 6.07) is 14.1. The molecule has 0 heterocycles. The Morgan fingerprint density at radius 2 is 1.83 bits per heavy atom. The van der Waals surface area contributed by atoms with Crippen molar-refractivity contribution in [1.29, 1.82) is 0 Å². The molecule has 0 aliphatic rings. The van der Waals surface area contributed by atoms with E-state index in [0.29, 0.717) is 17.8 Å². The molecule has 0 spiro atoms. The van der Waals surface area contributed by atoms with Crippen LogP contribution in [0.25, 0.3) is 0 Å². The normalized spacial score (nSPS) is 12.2. The number of carbonyl (C=O) groups excluding carboxylic acids is 1. The van der Waals surface area contributed by atoms with Crippen LogP contribution in [0, 0.1) is 6.92 Å². The third-order valence-electron chi connectivity index (χ3n) is 4.36. The molecular formula is C20H27N3O. The summed E-state index contributed by atoms with van der Waals surface area (Å²) in [5.74, 6) is -0.0863. The number of nitrogens with one attached hydrogen (secondary N) is 1. The Morgan fingerprint density at radius 3 is 2.42 bits per heavy atom. The van der Waals surface area contributed by atoms with Crippen LogP contribution in [0.5, 0.6) is 0 Å². The van der Waals surface area contributed by atoms with E-state index in [9.17, 15) is 4.79 Å². The molecule has 24 heavy (non-hydrogen) atoms. The predicted octanol–water partition coefficient (Wildman–Crippen LogP) is 3.17. The van der Waals surface area contributed by atoms with E-state index >= 15 is 0 Å². The van der Waals surface area contributed by atoms with Gasteiger partial charge in [0.25, 0.3) is 5.91 Å². The maximum Gasteiger partial charge on any atom is 0.251 e. The zero-order valence-electron chi connectivity index (χ0n) is 15.0. The van der Waals surface area contributed by atoms with E-state index in [0.717, 1.165) is 12.0 Å². The van der Waals surface area contributed by atoms with E-state index in [1.165, 1.54) is 11.1 Å². The molecule has 0 fully saturated rings. The summed E-state index contributed by atoms with van der Waals surface area (Å²) < 4.78 is 0. The molecule has 0 radical (unpaired) electrons. The van der Waals surface area contributed by atoms with Crippen LogP contribution < -0.4 is 11.1 Å². The average molecular weight is 325 g/mol. The Labute approximate surface area is 144 Å². The van der Waals surface area contributed by atoms with E-state index in [2.05, 4.69) is 41.4 Å². The molecule has 4 nitrogen and oxygen atoms in total. The van der Waals surface area contributed by atoms with Gasteiger partial charge in [-0.3, -0.25) is 4.79 Å². The lowest BCUT2D eigenvalue weighted by molar-refractivity contribution is 0.0941. The SMILES string of the molecule is CCc1ccc(C(CNC(=O)c2cc(N)ccc2C)N(C)C)cc1. The Balaban J connectivity index is 2.10. The zero-order valence-corrected chi connectivity index (χ0v) is 15.0. The highest BCUT2D eigenvalue weighted by Crippen LogP contribution is 2.19. The highest BCUT2D eigenvalue weighted by molar-refractivity contribution is 5.96. The Bertz CT molecular complexity index is 693. The summed E-state index contributed by atoms with van der Waals surface area (Å²) >= 11 is 0. The van der Waals surface area contributed by atoms with Crippen LogP contribution in [0.1, 0.15) is 40.0 Å². The second-order valence-corrected chi connectivity index (χ2v) is 6.36. The minimum absolute atomic E-state index is 0.0863. The van der Waals surface area contributed by atoms with Gasteiger partial charge in [-0.2, -0.15) is 0 Å². The van der Waals surface area contributed by atoms with Crippen LogP contribution in [0.3, 0.4) is 0 Å². The van der Waals surface area contributed by atoms with Crippen molar-refractivity contribution in [2.24, 2.45) is 0 Å². The number of hydrogen-bond acceptors (Lipinski definition) is 3. The number of rotatable bonds is 6. The molecule has 0 saturated carbocycles. The molecule has 2 aromatic carbocycles. The van der Waals surface area contributed by atoms with Crippen molar-refractivity contribution in [2.45, 2.75) is 26.3 Å². The minimum atomic E-state index is -0.0863. The fraction of sp³-hybridized carbons (Fsp3) is 0.350. The number of likely N-dealkylation sites (N-methyl/N-ethyl adjacent to an activating group) is 1. The predicted molar refractivity (Wildman–Crippen MR) is 100 cm³/mol. The first kappa shape index (κ1) is 18.0. The van der Waals surface area contributed by atoms with Gasteiger partial charge in [0.05, 0.1) is 6.04 Å². The number of nitrogens with zero attached hydrogens (tertiary/aromatic N) is 1. The molecule has 4 heteroatoms. The van der Waals surface area contributed by atoms with Crippen molar-refractivity contribution in [3.05, 3.63) is 64.7 Å². The van der Waals surface area contributed by atoms with E-state index in [-0.39, 0.29) is 11.9 Å². The van der Waals surface area contributed by atoms with E-state index in [4.69, 9.17) is 5.73 Å². The summed E-state index contributed by atoms with van der Waals surface area (Å²) in [5.41, 5.74) is 10.5. The van der Waals surface area contributed by atoms with E-state index < -0.39 is 0 Å². The standard InChI is InChI=1S/C20H27N3O/c1-5-15-7-9-16(10-8-15)19(23(3)4)13-22-20(24)18-12-17(21)11-6-14(18)2/h6-12,19H,5,13,21H2,1-4H3,(H,22,24). The van der Waals surface area contributed by atoms with Crippen molar-refractivity contribution >= 4 is 11.6 Å². The molecule has 1 atom stereocenters. The monoisotopic (exact) mass is 325 g/mol. The Hall–Kier alpha value is -2.33. The van der Waals surface area contributed by atoms with Crippen LogP contribution in [0.2, 0.25) is 0 Å². The van der Waals surface area contributed by atoms with Gasteiger partial charge < -0.3 is 16.0 Å². The van der Waals surface area contributed by atoms with Crippen LogP contribution in [0.4, 0.5) is 5.69 Å². The fourth-order valence-electron chi connectivity index (χ4n) is 2.74. The number of anilines is 1. The maximum absolute atomic E-state index is 12.5. The molecule has 2 rings (SSSR count). The van der Waals surface area contributed by atoms with Gasteiger partial charge in [-0.05, 0) is 56.3 Å². The smallest absolute Gasteiger partial charge is 0.251 e. The number of nitrogens with two attached hydrogens (primary N) is 1. The number of nitrogen functional groups attached to an aromatic ring is 1. The minimum Gasteiger partial charge on any atom is -0.399 e. The molecule has 0 aromatic heterocycles. The first-order valence-corrected chi connectivity index (χ1v) is 8.32. The lowest BCUT2D eigenvalue weighted by Gasteiger charge is -2.25. The van der Waals surface area contributed by atoms with Gasteiger partial charge in [-0.15, -0.1) is 0 Å². The summed E-state index contributed by atoms with van der Waals surface area (Å²) in [4.78, 5) is 14.6. The summed E-state index contributed by atoms with van der Waals surface area (Å²) in [5, 5.41) is 3.04. The quantitative estimate of drug-likeness (QED) is 0.802. The molecule has 0 bridgehead atoms. The van der Waals surface area contributed by atoms with Crippen molar-refractivity contribution in [3.8, 4) is 0 Å². The average Bonchev–Trinajstić information content (AvgIpc) is 2.57. The highest BCUT2D eigenvalue weighted by Gasteiger charge is 2.17. The molecule has 1 amide bonds. The van der Waals surface area contributed by atoms with Gasteiger partial charge in [0.15, 0.2) is 0 Å². The van der Waals surface area contributed by atoms with Crippen molar-refractivity contribution < 1.29 is 4.79 Å². The van der Waals surface area contributed by atoms with E-state index in [1.807, 2.05) is 33.2 Å². The molecule has 0 aliphatic heterocycles. The Morgan fingerprint density at radius 1 is 1.17 bits per heavy atom. The zero-order chi connectivity index (χ0) is 17.7. The molecule has 128 valence electrons. The first-order chi connectivity index (χ1) is 11.4. The molecular weight excluding hydrogens is 298 g/mol. The van der Waals surface area contributed by atoms with Crippen LogP contribution in [0.15, 0.2) is 42.5 Å². The number of benzene rings is 2. The van der Waals surface area contributed by atoms with Crippen LogP contribution in [-0.4, -0.2) is 31.4 Å². The van der Waals surface area contributed by atoms with Crippen molar-refractivity contribution in [2.75, 3.05) is 26.4 Å².